The first-order valence-corrected chi connectivity index (χ1v) is 8.44. The number of fused-ring (bicyclic) bond motifs is 1. The molecule has 0 aliphatic rings. The molecule has 6 nitrogen and oxygen atoms in total. The van der Waals surface area contributed by atoms with Gasteiger partial charge in [0.25, 0.3) is 0 Å². The van der Waals surface area contributed by atoms with E-state index < -0.39 is 17.2 Å². The summed E-state index contributed by atoms with van der Waals surface area (Å²) in [6, 6.07) is 16.5. The van der Waals surface area contributed by atoms with E-state index in [2.05, 4.69) is 4.98 Å². The fraction of sp³-hybridized carbons (Fsp3) is 0.167. The van der Waals surface area contributed by atoms with Crippen molar-refractivity contribution >= 4 is 34.7 Å². The van der Waals surface area contributed by atoms with E-state index in [4.69, 9.17) is 4.74 Å². The lowest BCUT2D eigenvalue weighted by atomic mass is 10.1. The number of rotatable bonds is 6. The van der Waals surface area contributed by atoms with Gasteiger partial charge in [-0.15, -0.1) is 0 Å². The van der Waals surface area contributed by atoms with Gasteiger partial charge < -0.3 is 14.4 Å². The highest BCUT2D eigenvalue weighted by molar-refractivity contribution is 8.00. The van der Waals surface area contributed by atoms with E-state index in [0.29, 0.717) is 16.2 Å². The fourth-order valence-corrected chi connectivity index (χ4v) is 3.66. The SMILES string of the molecule is COC(=O)C(Sc1nc2ccccc2n1CC(=O)O)c1ccccc1. The molecule has 7 heteroatoms. The number of aliphatic carboxylic acids is 1. The molecule has 0 fully saturated rings. The van der Waals surface area contributed by atoms with Gasteiger partial charge in [-0.05, 0) is 17.7 Å². The number of ether oxygens (including phenoxy) is 1. The first-order valence-electron chi connectivity index (χ1n) is 7.56. The molecule has 1 unspecified atom stereocenters. The van der Waals surface area contributed by atoms with Crippen LogP contribution in [-0.4, -0.2) is 33.7 Å². The molecule has 3 rings (SSSR count). The molecule has 1 aromatic heterocycles. The largest absolute Gasteiger partial charge is 0.480 e. The molecule has 1 atom stereocenters. The Bertz CT molecular complexity index is 908. The Balaban J connectivity index is 2.05. The highest BCUT2D eigenvalue weighted by atomic mass is 32.2. The topological polar surface area (TPSA) is 81.4 Å². The van der Waals surface area contributed by atoms with Crippen LogP contribution in [0.15, 0.2) is 59.8 Å². The molecule has 0 bridgehead atoms. The number of methoxy groups -OCH3 is 1. The molecule has 128 valence electrons. The van der Waals surface area contributed by atoms with Gasteiger partial charge in [-0.3, -0.25) is 9.59 Å². The zero-order valence-electron chi connectivity index (χ0n) is 13.5. The number of carboxylic acids is 1. The van der Waals surface area contributed by atoms with Crippen LogP contribution in [0.4, 0.5) is 0 Å². The van der Waals surface area contributed by atoms with Crippen LogP contribution in [0.2, 0.25) is 0 Å². The third-order valence-corrected chi connectivity index (χ3v) is 4.88. The van der Waals surface area contributed by atoms with Crippen molar-refractivity contribution in [3.05, 3.63) is 60.2 Å². The molecule has 3 aromatic rings. The van der Waals surface area contributed by atoms with Crippen LogP contribution in [0.3, 0.4) is 0 Å². The number of carbonyl (C=O) groups excluding carboxylic acids is 1. The Labute approximate surface area is 148 Å². The number of nitrogens with zero attached hydrogens (tertiary/aromatic N) is 2. The summed E-state index contributed by atoms with van der Waals surface area (Å²) in [4.78, 5) is 28.0. The maximum atomic E-state index is 12.3. The minimum absolute atomic E-state index is 0.231. The van der Waals surface area contributed by atoms with Crippen LogP contribution >= 0.6 is 11.8 Å². The van der Waals surface area contributed by atoms with Crippen LogP contribution in [0.25, 0.3) is 11.0 Å². The van der Waals surface area contributed by atoms with Gasteiger partial charge in [0.15, 0.2) is 5.16 Å². The van der Waals surface area contributed by atoms with Gasteiger partial charge in [0.05, 0.1) is 18.1 Å². The maximum Gasteiger partial charge on any atom is 0.323 e. The van der Waals surface area contributed by atoms with Crippen molar-refractivity contribution in [2.24, 2.45) is 0 Å². The molecular weight excluding hydrogens is 340 g/mol. The predicted octanol–water partition coefficient (Wildman–Crippen LogP) is 3.13. The first kappa shape index (κ1) is 17.0. The molecule has 0 saturated heterocycles. The number of hydrogen-bond donors (Lipinski definition) is 1. The van der Waals surface area contributed by atoms with Crippen LogP contribution < -0.4 is 0 Å². The van der Waals surface area contributed by atoms with Gasteiger partial charge in [0.2, 0.25) is 0 Å². The number of esters is 1. The normalized spacial score (nSPS) is 12.0. The van der Waals surface area contributed by atoms with E-state index in [1.54, 1.807) is 4.57 Å². The molecule has 0 amide bonds. The summed E-state index contributed by atoms with van der Waals surface area (Å²) in [7, 11) is 1.33. The number of hydrogen-bond acceptors (Lipinski definition) is 5. The summed E-state index contributed by atoms with van der Waals surface area (Å²) in [5, 5.41) is 9.06. The Kier molecular flexibility index (Phi) is 5.04. The van der Waals surface area contributed by atoms with E-state index in [0.717, 1.165) is 5.56 Å². The molecule has 0 aliphatic heterocycles. The number of aromatic nitrogens is 2. The lowest BCUT2D eigenvalue weighted by Gasteiger charge is -2.15. The molecule has 1 N–H and O–H groups in total. The minimum atomic E-state index is -0.973. The number of benzene rings is 2. The first-order chi connectivity index (χ1) is 12.1. The summed E-state index contributed by atoms with van der Waals surface area (Å²) in [5.41, 5.74) is 2.17. The van der Waals surface area contributed by atoms with Gasteiger partial charge in [-0.2, -0.15) is 0 Å². The Hall–Kier alpha value is -2.80. The van der Waals surface area contributed by atoms with E-state index in [1.807, 2.05) is 54.6 Å². The monoisotopic (exact) mass is 356 g/mol. The van der Waals surface area contributed by atoms with E-state index in [-0.39, 0.29) is 6.54 Å². The van der Waals surface area contributed by atoms with Crippen molar-refractivity contribution in [1.82, 2.24) is 9.55 Å². The quantitative estimate of drug-likeness (QED) is 0.540. The highest BCUT2D eigenvalue weighted by Crippen LogP contribution is 2.37. The summed E-state index contributed by atoms with van der Waals surface area (Å²) < 4.78 is 6.52. The standard InChI is InChI=1S/C18H16N2O4S/c1-24-17(23)16(12-7-3-2-4-8-12)25-18-19-13-9-5-6-10-14(13)20(18)11-15(21)22/h2-10,16H,11H2,1H3,(H,21,22). The van der Waals surface area contributed by atoms with Gasteiger partial charge in [0.1, 0.15) is 11.8 Å². The van der Waals surface area contributed by atoms with Crippen molar-refractivity contribution in [2.45, 2.75) is 17.0 Å². The van der Waals surface area contributed by atoms with Gasteiger partial charge >= 0.3 is 11.9 Å². The van der Waals surface area contributed by atoms with Crippen LogP contribution in [0.1, 0.15) is 10.8 Å². The minimum Gasteiger partial charge on any atom is -0.480 e. The lowest BCUT2D eigenvalue weighted by Crippen LogP contribution is -2.14. The Morgan fingerprint density at radius 1 is 1.16 bits per heavy atom. The van der Waals surface area contributed by atoms with Crippen LogP contribution in [0, 0.1) is 0 Å². The van der Waals surface area contributed by atoms with Crippen molar-refractivity contribution in [2.75, 3.05) is 7.11 Å². The van der Waals surface area contributed by atoms with Gasteiger partial charge in [-0.1, -0.05) is 54.2 Å². The average molecular weight is 356 g/mol. The Morgan fingerprint density at radius 2 is 1.84 bits per heavy atom. The third kappa shape index (κ3) is 3.66. The molecule has 2 aromatic carbocycles. The smallest absolute Gasteiger partial charge is 0.323 e. The summed E-state index contributed by atoms with van der Waals surface area (Å²) >= 11 is 1.18. The summed E-state index contributed by atoms with van der Waals surface area (Å²) in [5.74, 6) is -1.38. The third-order valence-electron chi connectivity index (χ3n) is 3.65. The number of thioether (sulfide) groups is 1. The van der Waals surface area contributed by atoms with Crippen LogP contribution in [0.5, 0.6) is 0 Å². The predicted molar refractivity (Wildman–Crippen MR) is 94.4 cm³/mol. The second-order valence-electron chi connectivity index (χ2n) is 5.29. The van der Waals surface area contributed by atoms with Gasteiger partial charge in [0, 0.05) is 0 Å². The maximum absolute atomic E-state index is 12.3. The molecular formula is C18H16N2O4S. The van der Waals surface area contributed by atoms with Crippen molar-refractivity contribution < 1.29 is 19.4 Å². The molecule has 0 aliphatic carbocycles. The fourth-order valence-electron chi connectivity index (χ4n) is 2.52. The second kappa shape index (κ2) is 7.40. The average Bonchev–Trinajstić information content (AvgIpc) is 2.96. The molecule has 25 heavy (non-hydrogen) atoms. The van der Waals surface area contributed by atoms with Crippen molar-refractivity contribution in [1.29, 1.82) is 0 Å². The van der Waals surface area contributed by atoms with E-state index in [9.17, 15) is 14.7 Å². The lowest BCUT2D eigenvalue weighted by molar-refractivity contribution is -0.140. The number of para-hydroxylation sites is 2. The zero-order chi connectivity index (χ0) is 17.8. The Morgan fingerprint density at radius 3 is 2.52 bits per heavy atom. The second-order valence-corrected chi connectivity index (χ2v) is 6.37. The highest BCUT2D eigenvalue weighted by Gasteiger charge is 2.26. The van der Waals surface area contributed by atoms with Gasteiger partial charge in [-0.25, -0.2) is 4.98 Å². The van der Waals surface area contributed by atoms with Crippen molar-refractivity contribution in [3.63, 3.8) is 0 Å². The summed E-state index contributed by atoms with van der Waals surface area (Å²) in [6.07, 6.45) is 0. The summed E-state index contributed by atoms with van der Waals surface area (Å²) in [6.45, 7) is -0.231. The number of imidazole rings is 1. The van der Waals surface area contributed by atoms with Crippen molar-refractivity contribution in [3.8, 4) is 0 Å². The molecule has 0 spiro atoms. The van der Waals surface area contributed by atoms with Crippen LogP contribution in [-0.2, 0) is 20.9 Å². The zero-order valence-corrected chi connectivity index (χ0v) is 14.3. The molecule has 1 heterocycles. The number of carbonyl (C=O) groups is 2. The number of carboxylic acid groups (broad SMARTS) is 1. The molecule has 0 saturated carbocycles. The van der Waals surface area contributed by atoms with E-state index in [1.165, 1.54) is 18.9 Å². The van der Waals surface area contributed by atoms with E-state index >= 15 is 0 Å². The molecule has 0 radical (unpaired) electrons.